The first-order valence-electron chi connectivity index (χ1n) is 5.91. The van der Waals surface area contributed by atoms with Crippen LogP contribution in [0.2, 0.25) is 0 Å². The van der Waals surface area contributed by atoms with Crippen molar-refractivity contribution < 1.29 is 4.74 Å². The fourth-order valence-electron chi connectivity index (χ4n) is 1.98. The Labute approximate surface area is 87.8 Å². The minimum Gasteiger partial charge on any atom is -0.380 e. The molecule has 1 heterocycles. The van der Waals surface area contributed by atoms with E-state index in [0.717, 1.165) is 45.3 Å². The smallest absolute Gasteiger partial charge is 0.0593 e. The summed E-state index contributed by atoms with van der Waals surface area (Å²) in [6.07, 6.45) is 2.42. The molecule has 1 aliphatic heterocycles. The van der Waals surface area contributed by atoms with Crippen LogP contribution in [0.25, 0.3) is 0 Å². The van der Waals surface area contributed by atoms with E-state index in [0.29, 0.717) is 0 Å². The van der Waals surface area contributed by atoms with Crippen molar-refractivity contribution in [1.82, 2.24) is 10.2 Å². The van der Waals surface area contributed by atoms with Crippen LogP contribution < -0.4 is 5.32 Å². The first kappa shape index (κ1) is 12.0. The van der Waals surface area contributed by atoms with Crippen molar-refractivity contribution in [2.24, 2.45) is 0 Å². The zero-order chi connectivity index (χ0) is 10.2. The molecule has 0 spiro atoms. The van der Waals surface area contributed by atoms with Gasteiger partial charge in [-0.25, -0.2) is 0 Å². The van der Waals surface area contributed by atoms with Gasteiger partial charge >= 0.3 is 0 Å². The number of nitrogens with one attached hydrogen (secondary N) is 1. The molecule has 0 amide bonds. The van der Waals surface area contributed by atoms with Gasteiger partial charge in [0, 0.05) is 25.7 Å². The molecule has 0 bridgehead atoms. The number of nitrogens with zero attached hydrogens (tertiary/aromatic N) is 1. The maximum atomic E-state index is 5.51. The highest BCUT2D eigenvalue weighted by Crippen LogP contribution is 2.07. The monoisotopic (exact) mass is 200 g/mol. The third-order valence-corrected chi connectivity index (χ3v) is 2.83. The van der Waals surface area contributed by atoms with Gasteiger partial charge in [-0.1, -0.05) is 13.8 Å². The number of ether oxygens (including phenoxy) is 1. The first-order chi connectivity index (χ1) is 6.88. The number of hydrogen-bond donors (Lipinski definition) is 1. The second kappa shape index (κ2) is 7.21. The highest BCUT2D eigenvalue weighted by Gasteiger charge is 2.20. The van der Waals surface area contributed by atoms with Crippen molar-refractivity contribution in [3.63, 3.8) is 0 Å². The Bertz CT molecular complexity index is 135. The zero-order valence-electron chi connectivity index (χ0n) is 9.59. The SMILES string of the molecule is CCCOCCN(CC)C1CCNC1. The van der Waals surface area contributed by atoms with Gasteiger partial charge in [-0.15, -0.1) is 0 Å². The average molecular weight is 200 g/mol. The predicted molar refractivity (Wildman–Crippen MR) is 59.6 cm³/mol. The summed E-state index contributed by atoms with van der Waals surface area (Å²) in [6.45, 7) is 10.7. The summed E-state index contributed by atoms with van der Waals surface area (Å²) in [4.78, 5) is 2.52. The predicted octanol–water partition coefficient (Wildman–Crippen LogP) is 1.10. The number of likely N-dealkylation sites (N-methyl/N-ethyl adjacent to an activating group) is 1. The highest BCUT2D eigenvalue weighted by atomic mass is 16.5. The summed E-state index contributed by atoms with van der Waals surface area (Å²) in [6, 6.07) is 0.741. The summed E-state index contributed by atoms with van der Waals surface area (Å²) in [5, 5.41) is 3.41. The van der Waals surface area contributed by atoms with Crippen molar-refractivity contribution in [1.29, 1.82) is 0 Å². The molecule has 14 heavy (non-hydrogen) atoms. The van der Waals surface area contributed by atoms with Crippen LogP contribution >= 0.6 is 0 Å². The maximum absolute atomic E-state index is 5.51. The normalized spacial score (nSPS) is 22.1. The summed E-state index contributed by atoms with van der Waals surface area (Å²) in [5.74, 6) is 0. The molecule has 0 aliphatic carbocycles. The summed E-state index contributed by atoms with van der Waals surface area (Å²) in [5.41, 5.74) is 0. The molecule has 0 radical (unpaired) electrons. The van der Waals surface area contributed by atoms with Gasteiger partial charge in [0.2, 0.25) is 0 Å². The molecule has 1 saturated heterocycles. The van der Waals surface area contributed by atoms with Crippen LogP contribution in [0.3, 0.4) is 0 Å². The molecule has 1 fully saturated rings. The zero-order valence-corrected chi connectivity index (χ0v) is 9.59. The van der Waals surface area contributed by atoms with Crippen LogP contribution in [-0.4, -0.2) is 50.3 Å². The molecule has 0 saturated carbocycles. The topological polar surface area (TPSA) is 24.5 Å². The van der Waals surface area contributed by atoms with E-state index in [1.165, 1.54) is 13.0 Å². The van der Waals surface area contributed by atoms with Gasteiger partial charge in [0.15, 0.2) is 0 Å². The van der Waals surface area contributed by atoms with Gasteiger partial charge in [-0.2, -0.15) is 0 Å². The molecule has 1 N–H and O–H groups in total. The maximum Gasteiger partial charge on any atom is 0.0593 e. The summed E-state index contributed by atoms with van der Waals surface area (Å²) >= 11 is 0. The van der Waals surface area contributed by atoms with Gasteiger partial charge in [-0.3, -0.25) is 4.90 Å². The minimum atomic E-state index is 0.741. The Balaban J connectivity index is 2.11. The van der Waals surface area contributed by atoms with E-state index in [2.05, 4.69) is 24.1 Å². The van der Waals surface area contributed by atoms with Gasteiger partial charge < -0.3 is 10.1 Å². The third-order valence-electron chi connectivity index (χ3n) is 2.83. The standard InChI is InChI=1S/C11H24N2O/c1-3-8-14-9-7-13(4-2)11-5-6-12-10-11/h11-12H,3-10H2,1-2H3. The van der Waals surface area contributed by atoms with Gasteiger partial charge in [0.05, 0.1) is 6.61 Å². The van der Waals surface area contributed by atoms with E-state index < -0.39 is 0 Å². The second-order valence-electron chi connectivity index (χ2n) is 3.89. The fraction of sp³-hybridized carbons (Fsp3) is 1.00. The number of rotatable bonds is 7. The highest BCUT2D eigenvalue weighted by molar-refractivity contribution is 4.79. The first-order valence-corrected chi connectivity index (χ1v) is 5.91. The molecule has 1 aliphatic rings. The number of hydrogen-bond acceptors (Lipinski definition) is 3. The Kier molecular flexibility index (Phi) is 6.15. The van der Waals surface area contributed by atoms with Crippen LogP contribution in [0, 0.1) is 0 Å². The van der Waals surface area contributed by atoms with E-state index >= 15 is 0 Å². The Morgan fingerprint density at radius 3 is 2.79 bits per heavy atom. The Morgan fingerprint density at radius 2 is 2.21 bits per heavy atom. The quantitative estimate of drug-likeness (QED) is 0.623. The molecule has 1 rings (SSSR count). The van der Waals surface area contributed by atoms with Gasteiger partial charge in [0.25, 0.3) is 0 Å². The molecule has 0 aromatic carbocycles. The molecule has 0 aromatic heterocycles. The molecule has 3 nitrogen and oxygen atoms in total. The molecular formula is C11H24N2O. The summed E-state index contributed by atoms with van der Waals surface area (Å²) in [7, 11) is 0. The van der Waals surface area contributed by atoms with Crippen LogP contribution in [-0.2, 0) is 4.74 Å². The van der Waals surface area contributed by atoms with E-state index in [1.54, 1.807) is 0 Å². The van der Waals surface area contributed by atoms with Crippen molar-refractivity contribution in [2.75, 3.05) is 39.4 Å². The van der Waals surface area contributed by atoms with E-state index in [1.807, 2.05) is 0 Å². The minimum absolute atomic E-state index is 0.741. The lowest BCUT2D eigenvalue weighted by atomic mass is 10.2. The molecule has 3 heteroatoms. The van der Waals surface area contributed by atoms with Crippen LogP contribution in [0.5, 0.6) is 0 Å². The van der Waals surface area contributed by atoms with Crippen molar-refractivity contribution in [3.05, 3.63) is 0 Å². The molecule has 1 atom stereocenters. The second-order valence-corrected chi connectivity index (χ2v) is 3.89. The van der Waals surface area contributed by atoms with Crippen molar-refractivity contribution >= 4 is 0 Å². The van der Waals surface area contributed by atoms with Crippen LogP contribution in [0.1, 0.15) is 26.7 Å². The molecule has 1 unspecified atom stereocenters. The van der Waals surface area contributed by atoms with E-state index in [9.17, 15) is 0 Å². The fourth-order valence-corrected chi connectivity index (χ4v) is 1.98. The van der Waals surface area contributed by atoms with E-state index in [4.69, 9.17) is 4.74 Å². The molecule has 0 aromatic rings. The lowest BCUT2D eigenvalue weighted by molar-refractivity contribution is 0.0925. The van der Waals surface area contributed by atoms with Crippen molar-refractivity contribution in [2.45, 2.75) is 32.7 Å². The van der Waals surface area contributed by atoms with E-state index in [-0.39, 0.29) is 0 Å². The van der Waals surface area contributed by atoms with Crippen LogP contribution in [0.4, 0.5) is 0 Å². The van der Waals surface area contributed by atoms with Crippen LogP contribution in [0.15, 0.2) is 0 Å². The third kappa shape index (κ3) is 3.95. The van der Waals surface area contributed by atoms with Crippen molar-refractivity contribution in [3.8, 4) is 0 Å². The molecule has 84 valence electrons. The average Bonchev–Trinajstić information content (AvgIpc) is 2.71. The Morgan fingerprint density at radius 1 is 1.36 bits per heavy atom. The van der Waals surface area contributed by atoms with Gasteiger partial charge in [-0.05, 0) is 25.9 Å². The summed E-state index contributed by atoms with van der Waals surface area (Å²) < 4.78 is 5.51. The largest absolute Gasteiger partial charge is 0.380 e. The van der Waals surface area contributed by atoms with Gasteiger partial charge in [0.1, 0.15) is 0 Å². The lowest BCUT2D eigenvalue weighted by Gasteiger charge is -2.26. The lowest BCUT2D eigenvalue weighted by Crippen LogP contribution is -2.38. The Hall–Kier alpha value is -0.120. The molecular weight excluding hydrogens is 176 g/mol.